The molecule has 1 aliphatic heterocycles. The van der Waals surface area contributed by atoms with E-state index in [-0.39, 0.29) is 18.3 Å². The maximum atomic E-state index is 12.5. The molecule has 6 heteroatoms. The van der Waals surface area contributed by atoms with Crippen molar-refractivity contribution >= 4 is 18.3 Å². The summed E-state index contributed by atoms with van der Waals surface area (Å²) in [5.74, 6) is 1.22. The molecular weight excluding hydrogens is 304 g/mol. The first-order valence-electron chi connectivity index (χ1n) is 7.18. The van der Waals surface area contributed by atoms with Crippen LogP contribution in [0.3, 0.4) is 0 Å². The third-order valence-electron chi connectivity index (χ3n) is 3.39. The zero-order valence-electron chi connectivity index (χ0n) is 12.8. The lowest BCUT2D eigenvalue weighted by atomic mass is 10.1. The van der Waals surface area contributed by atoms with Crippen LogP contribution in [0.25, 0.3) is 0 Å². The predicted molar refractivity (Wildman–Crippen MR) is 89.3 cm³/mol. The van der Waals surface area contributed by atoms with E-state index in [1.165, 1.54) is 0 Å². The van der Waals surface area contributed by atoms with Crippen LogP contribution in [0.15, 0.2) is 30.9 Å². The number of hydrogen-bond donors (Lipinski definition) is 1. The summed E-state index contributed by atoms with van der Waals surface area (Å²) in [6.45, 7) is 7.33. The van der Waals surface area contributed by atoms with Crippen molar-refractivity contribution in [3.8, 4) is 11.5 Å². The number of nitrogens with zero attached hydrogens (tertiary/aromatic N) is 1. The molecule has 0 radical (unpaired) electrons. The van der Waals surface area contributed by atoms with E-state index in [0.717, 1.165) is 32.6 Å². The highest BCUT2D eigenvalue weighted by Crippen LogP contribution is 2.28. The second-order valence-electron chi connectivity index (χ2n) is 4.86. The van der Waals surface area contributed by atoms with E-state index in [1.807, 2.05) is 4.90 Å². The molecular formula is C16H23ClN2O3. The molecule has 0 spiro atoms. The molecule has 0 bridgehead atoms. The number of carbonyl (C=O) groups is 1. The Morgan fingerprint density at radius 2 is 2.18 bits per heavy atom. The van der Waals surface area contributed by atoms with Gasteiger partial charge in [-0.15, -0.1) is 12.4 Å². The van der Waals surface area contributed by atoms with Crippen LogP contribution in [0, 0.1) is 0 Å². The third-order valence-corrected chi connectivity index (χ3v) is 3.39. The Hall–Kier alpha value is -1.72. The monoisotopic (exact) mass is 326 g/mol. The maximum absolute atomic E-state index is 12.5. The third kappa shape index (κ3) is 4.64. The molecule has 1 fully saturated rings. The molecule has 0 aliphatic carbocycles. The zero-order valence-corrected chi connectivity index (χ0v) is 13.7. The Labute approximate surface area is 137 Å². The number of rotatable bonds is 5. The molecule has 0 unspecified atom stereocenters. The van der Waals surface area contributed by atoms with Gasteiger partial charge in [-0.25, -0.2) is 0 Å². The van der Waals surface area contributed by atoms with E-state index in [1.54, 1.807) is 31.4 Å². The molecule has 1 aromatic carbocycles. The summed E-state index contributed by atoms with van der Waals surface area (Å²) >= 11 is 0. The number of ether oxygens (including phenoxy) is 2. The number of amides is 1. The van der Waals surface area contributed by atoms with Gasteiger partial charge in [-0.2, -0.15) is 0 Å². The summed E-state index contributed by atoms with van der Waals surface area (Å²) in [5.41, 5.74) is 0.625. The van der Waals surface area contributed by atoms with Gasteiger partial charge in [-0.1, -0.05) is 12.7 Å². The fourth-order valence-electron chi connectivity index (χ4n) is 2.30. The molecule has 1 aromatic rings. The van der Waals surface area contributed by atoms with Crippen LogP contribution in [-0.4, -0.2) is 50.7 Å². The summed E-state index contributed by atoms with van der Waals surface area (Å²) in [4.78, 5) is 14.4. The van der Waals surface area contributed by atoms with E-state index >= 15 is 0 Å². The first kappa shape index (κ1) is 18.3. The maximum Gasteiger partial charge on any atom is 0.254 e. The molecule has 1 aliphatic rings. The quantitative estimate of drug-likeness (QED) is 0.842. The average molecular weight is 327 g/mol. The first-order valence-corrected chi connectivity index (χ1v) is 7.18. The lowest BCUT2D eigenvalue weighted by Gasteiger charge is -2.20. The SMILES string of the molecule is C=CCOc1ccc(C(=O)N2CCCNCC2)cc1OC.Cl. The minimum atomic E-state index is 0. The molecule has 1 saturated heterocycles. The molecule has 1 heterocycles. The van der Waals surface area contributed by atoms with Crippen LogP contribution >= 0.6 is 12.4 Å². The van der Waals surface area contributed by atoms with Gasteiger partial charge < -0.3 is 19.7 Å². The van der Waals surface area contributed by atoms with Gasteiger partial charge in [0.1, 0.15) is 6.61 Å². The van der Waals surface area contributed by atoms with Gasteiger partial charge in [0.05, 0.1) is 7.11 Å². The van der Waals surface area contributed by atoms with Crippen molar-refractivity contribution in [2.75, 3.05) is 39.9 Å². The summed E-state index contributed by atoms with van der Waals surface area (Å²) < 4.78 is 10.8. The van der Waals surface area contributed by atoms with Gasteiger partial charge in [0.2, 0.25) is 0 Å². The standard InChI is InChI=1S/C16H22N2O3.ClH/c1-3-11-21-14-6-5-13(12-15(14)20-2)16(19)18-9-4-7-17-8-10-18;/h3,5-6,12,17H,1,4,7-11H2,2H3;1H. The fraction of sp³-hybridized carbons (Fsp3) is 0.438. The van der Waals surface area contributed by atoms with E-state index in [4.69, 9.17) is 9.47 Å². The summed E-state index contributed by atoms with van der Waals surface area (Å²) in [5, 5.41) is 3.29. The second kappa shape index (κ2) is 9.33. The molecule has 0 atom stereocenters. The number of benzene rings is 1. The molecule has 122 valence electrons. The Morgan fingerprint density at radius 1 is 1.36 bits per heavy atom. The molecule has 5 nitrogen and oxygen atoms in total. The minimum Gasteiger partial charge on any atom is -0.493 e. The number of nitrogens with one attached hydrogen (secondary N) is 1. The van der Waals surface area contributed by atoms with Crippen molar-refractivity contribution in [1.82, 2.24) is 10.2 Å². The highest BCUT2D eigenvalue weighted by Gasteiger charge is 2.18. The summed E-state index contributed by atoms with van der Waals surface area (Å²) in [6, 6.07) is 5.28. The lowest BCUT2D eigenvalue weighted by Crippen LogP contribution is -2.34. The van der Waals surface area contributed by atoms with Crippen molar-refractivity contribution < 1.29 is 14.3 Å². The van der Waals surface area contributed by atoms with Gasteiger partial charge in [0.25, 0.3) is 5.91 Å². The number of halogens is 1. The van der Waals surface area contributed by atoms with Crippen molar-refractivity contribution in [2.24, 2.45) is 0 Å². The molecule has 1 N–H and O–H groups in total. The molecule has 0 saturated carbocycles. The molecule has 2 rings (SSSR count). The lowest BCUT2D eigenvalue weighted by molar-refractivity contribution is 0.0766. The van der Waals surface area contributed by atoms with E-state index in [9.17, 15) is 4.79 Å². The van der Waals surface area contributed by atoms with Crippen LogP contribution < -0.4 is 14.8 Å². The van der Waals surface area contributed by atoms with Crippen molar-refractivity contribution in [3.05, 3.63) is 36.4 Å². The van der Waals surface area contributed by atoms with Crippen LogP contribution in [0.1, 0.15) is 16.8 Å². The van der Waals surface area contributed by atoms with Crippen molar-refractivity contribution in [3.63, 3.8) is 0 Å². The van der Waals surface area contributed by atoms with Crippen LogP contribution in [0.5, 0.6) is 11.5 Å². The summed E-state index contributed by atoms with van der Waals surface area (Å²) in [6.07, 6.45) is 2.64. The van der Waals surface area contributed by atoms with Crippen LogP contribution in [-0.2, 0) is 0 Å². The molecule has 1 amide bonds. The zero-order chi connectivity index (χ0) is 15.1. The Bertz CT molecular complexity index is 500. The van der Waals surface area contributed by atoms with Gasteiger partial charge in [-0.05, 0) is 31.2 Å². The van der Waals surface area contributed by atoms with Crippen molar-refractivity contribution in [1.29, 1.82) is 0 Å². The smallest absolute Gasteiger partial charge is 0.254 e. The normalized spacial score (nSPS) is 14.5. The van der Waals surface area contributed by atoms with Gasteiger partial charge in [0.15, 0.2) is 11.5 Å². The van der Waals surface area contributed by atoms with Crippen molar-refractivity contribution in [2.45, 2.75) is 6.42 Å². The molecule has 22 heavy (non-hydrogen) atoms. The number of carbonyl (C=O) groups excluding carboxylic acids is 1. The Kier molecular flexibility index (Phi) is 7.77. The topological polar surface area (TPSA) is 50.8 Å². The van der Waals surface area contributed by atoms with E-state index in [0.29, 0.717) is 23.7 Å². The first-order chi connectivity index (χ1) is 10.3. The second-order valence-corrected chi connectivity index (χ2v) is 4.86. The Balaban J connectivity index is 0.00000242. The number of hydrogen-bond acceptors (Lipinski definition) is 4. The predicted octanol–water partition coefficient (Wildman–Crippen LogP) is 2.12. The fourth-order valence-corrected chi connectivity index (χ4v) is 2.30. The van der Waals surface area contributed by atoms with Crippen LogP contribution in [0.4, 0.5) is 0 Å². The minimum absolute atomic E-state index is 0. The summed E-state index contributed by atoms with van der Waals surface area (Å²) in [7, 11) is 1.57. The van der Waals surface area contributed by atoms with Gasteiger partial charge in [0, 0.05) is 25.2 Å². The van der Waals surface area contributed by atoms with Gasteiger partial charge in [-0.3, -0.25) is 4.79 Å². The van der Waals surface area contributed by atoms with Crippen LogP contribution in [0.2, 0.25) is 0 Å². The average Bonchev–Trinajstić information content (AvgIpc) is 2.81. The van der Waals surface area contributed by atoms with E-state index in [2.05, 4.69) is 11.9 Å². The van der Waals surface area contributed by atoms with Gasteiger partial charge >= 0.3 is 0 Å². The highest BCUT2D eigenvalue weighted by atomic mass is 35.5. The molecule has 0 aromatic heterocycles. The van der Waals surface area contributed by atoms with E-state index < -0.39 is 0 Å². The largest absolute Gasteiger partial charge is 0.493 e. The highest BCUT2D eigenvalue weighted by molar-refractivity contribution is 5.95. The number of methoxy groups -OCH3 is 1. The Morgan fingerprint density at radius 3 is 2.91 bits per heavy atom.